The minimum atomic E-state index is 0.680. The van der Waals surface area contributed by atoms with Gasteiger partial charge >= 0.3 is 0 Å². The maximum Gasteiger partial charge on any atom is 0.0593 e. The van der Waals surface area contributed by atoms with Gasteiger partial charge in [-0.05, 0) is 32.1 Å². The molecule has 1 aliphatic heterocycles. The van der Waals surface area contributed by atoms with Crippen molar-refractivity contribution in [2.45, 2.75) is 24.1 Å². The highest BCUT2D eigenvalue weighted by Crippen LogP contribution is 2.28. The average Bonchev–Trinajstić information content (AvgIpc) is 2.99. The number of rotatable bonds is 7. The molecule has 2 unspecified atom stereocenters. The van der Waals surface area contributed by atoms with E-state index < -0.39 is 0 Å². The van der Waals surface area contributed by atoms with Gasteiger partial charge in [-0.15, -0.1) is 0 Å². The van der Waals surface area contributed by atoms with Crippen LogP contribution in [-0.4, -0.2) is 62.3 Å². The molecule has 1 saturated carbocycles. The lowest BCUT2D eigenvalue weighted by Gasteiger charge is -2.27. The summed E-state index contributed by atoms with van der Waals surface area (Å²) < 4.78 is 5.69. The molecule has 0 bridgehead atoms. The summed E-state index contributed by atoms with van der Waals surface area (Å²) in [4.78, 5) is 2.45. The number of hydrogen-bond donors (Lipinski definition) is 1. The van der Waals surface area contributed by atoms with Crippen molar-refractivity contribution in [3.8, 4) is 0 Å². The van der Waals surface area contributed by atoms with Crippen LogP contribution in [0.1, 0.15) is 12.8 Å². The highest BCUT2D eigenvalue weighted by Gasteiger charge is 2.29. The van der Waals surface area contributed by atoms with E-state index in [0.717, 1.165) is 44.0 Å². The Morgan fingerprint density at radius 2 is 2.19 bits per heavy atom. The van der Waals surface area contributed by atoms with Gasteiger partial charge in [0.15, 0.2) is 0 Å². The van der Waals surface area contributed by atoms with E-state index in [9.17, 15) is 0 Å². The Balaban J connectivity index is 1.59. The number of hydrogen-bond acceptors (Lipinski definition) is 4. The molecule has 3 nitrogen and oxygen atoms in total. The zero-order valence-corrected chi connectivity index (χ0v) is 11.3. The first-order valence-electron chi connectivity index (χ1n) is 6.32. The highest BCUT2D eigenvalue weighted by atomic mass is 32.2. The van der Waals surface area contributed by atoms with Crippen molar-refractivity contribution < 1.29 is 4.74 Å². The highest BCUT2D eigenvalue weighted by molar-refractivity contribution is 7.99. The summed E-state index contributed by atoms with van der Waals surface area (Å²) >= 11 is 1.98. The first kappa shape index (κ1) is 12.7. The fourth-order valence-electron chi connectivity index (χ4n) is 2.23. The molecule has 4 heteroatoms. The van der Waals surface area contributed by atoms with Gasteiger partial charge in [-0.25, -0.2) is 0 Å². The molecule has 0 aromatic carbocycles. The minimum Gasteiger partial charge on any atom is -0.380 e. The van der Waals surface area contributed by atoms with Crippen LogP contribution in [0.3, 0.4) is 0 Å². The van der Waals surface area contributed by atoms with Gasteiger partial charge in [-0.1, -0.05) is 0 Å². The number of likely N-dealkylation sites (N-methyl/N-ethyl adjacent to an activating group) is 1. The lowest BCUT2D eigenvalue weighted by Crippen LogP contribution is -2.41. The summed E-state index contributed by atoms with van der Waals surface area (Å²) in [7, 11) is 2.22. The van der Waals surface area contributed by atoms with E-state index in [4.69, 9.17) is 4.74 Å². The quantitative estimate of drug-likeness (QED) is 0.677. The molecular formula is C12H24N2OS. The molecule has 2 rings (SSSR count). The molecule has 0 amide bonds. The Morgan fingerprint density at radius 1 is 1.38 bits per heavy atom. The number of ether oxygens (including phenoxy) is 1. The van der Waals surface area contributed by atoms with Crippen LogP contribution in [0.15, 0.2) is 0 Å². The zero-order valence-electron chi connectivity index (χ0n) is 10.4. The Hall–Kier alpha value is 0.230. The van der Waals surface area contributed by atoms with Crippen LogP contribution in [-0.2, 0) is 4.74 Å². The number of nitrogens with zero attached hydrogens (tertiary/aromatic N) is 1. The topological polar surface area (TPSA) is 24.5 Å². The molecule has 1 N–H and O–H groups in total. The summed E-state index contributed by atoms with van der Waals surface area (Å²) in [6.07, 6.45) is 4.98. The van der Waals surface area contributed by atoms with Crippen molar-refractivity contribution in [1.29, 1.82) is 0 Å². The Kier molecular flexibility index (Phi) is 4.95. The predicted octanol–water partition coefficient (Wildman–Crippen LogP) is 1.05. The molecule has 1 aliphatic carbocycles. The van der Waals surface area contributed by atoms with Crippen LogP contribution in [0, 0.1) is 5.92 Å². The lowest BCUT2D eigenvalue weighted by atomic mass is 10.2. The monoisotopic (exact) mass is 244 g/mol. The Morgan fingerprint density at radius 3 is 2.88 bits per heavy atom. The van der Waals surface area contributed by atoms with Crippen molar-refractivity contribution in [3.63, 3.8) is 0 Å². The molecule has 0 spiro atoms. The largest absolute Gasteiger partial charge is 0.380 e. The first-order chi connectivity index (χ1) is 7.81. The maximum absolute atomic E-state index is 5.69. The summed E-state index contributed by atoms with van der Waals surface area (Å²) in [5.41, 5.74) is 0. The maximum atomic E-state index is 5.69. The fourth-order valence-corrected chi connectivity index (χ4v) is 3.13. The van der Waals surface area contributed by atoms with Crippen LogP contribution < -0.4 is 5.32 Å². The van der Waals surface area contributed by atoms with Gasteiger partial charge in [0.1, 0.15) is 0 Å². The summed E-state index contributed by atoms with van der Waals surface area (Å²) in [5.74, 6) is 0.886. The van der Waals surface area contributed by atoms with Crippen LogP contribution in [0.2, 0.25) is 0 Å². The lowest BCUT2D eigenvalue weighted by molar-refractivity contribution is 0.0944. The number of nitrogens with one attached hydrogen (secondary N) is 1. The van der Waals surface area contributed by atoms with Crippen molar-refractivity contribution in [2.75, 3.05) is 46.2 Å². The van der Waals surface area contributed by atoms with Gasteiger partial charge in [0.25, 0.3) is 0 Å². The molecule has 1 saturated heterocycles. The molecule has 16 heavy (non-hydrogen) atoms. The fraction of sp³-hybridized carbons (Fsp3) is 1.00. The van der Waals surface area contributed by atoms with E-state index in [2.05, 4.69) is 23.5 Å². The normalized spacial score (nSPS) is 30.2. The van der Waals surface area contributed by atoms with Crippen molar-refractivity contribution in [2.24, 2.45) is 5.92 Å². The third kappa shape index (κ3) is 3.62. The molecule has 0 radical (unpaired) electrons. The third-order valence-corrected chi connectivity index (χ3v) is 4.72. The van der Waals surface area contributed by atoms with E-state index in [1.165, 1.54) is 12.8 Å². The van der Waals surface area contributed by atoms with Crippen molar-refractivity contribution >= 4 is 11.8 Å². The molecule has 2 aliphatic rings. The van der Waals surface area contributed by atoms with Crippen molar-refractivity contribution in [1.82, 2.24) is 10.2 Å². The molecule has 2 atom stereocenters. The molecule has 1 heterocycles. The third-order valence-electron chi connectivity index (χ3n) is 3.64. The summed E-state index contributed by atoms with van der Waals surface area (Å²) in [6, 6.07) is 0.680. The number of thioether (sulfide) groups is 1. The van der Waals surface area contributed by atoms with E-state index in [-0.39, 0.29) is 0 Å². The predicted molar refractivity (Wildman–Crippen MR) is 70.1 cm³/mol. The second-order valence-corrected chi connectivity index (χ2v) is 6.08. The standard InChI is InChI=1S/C12H24N2OS/c1-14(5-6-15-9-10-3-4-10)11-7-13-8-12(11)16-2/h10-13H,3-9H2,1-2H3. The van der Waals surface area contributed by atoms with E-state index in [0.29, 0.717) is 6.04 Å². The smallest absolute Gasteiger partial charge is 0.0593 e. The van der Waals surface area contributed by atoms with E-state index in [1.807, 2.05) is 11.8 Å². The summed E-state index contributed by atoms with van der Waals surface area (Å²) in [6.45, 7) is 5.23. The van der Waals surface area contributed by atoms with E-state index >= 15 is 0 Å². The Bertz CT molecular complexity index is 211. The van der Waals surface area contributed by atoms with Gasteiger partial charge in [0.05, 0.1) is 6.61 Å². The summed E-state index contributed by atoms with van der Waals surface area (Å²) in [5, 5.41) is 4.21. The van der Waals surface area contributed by atoms with Gasteiger partial charge in [-0.2, -0.15) is 11.8 Å². The second kappa shape index (κ2) is 6.24. The van der Waals surface area contributed by atoms with Crippen molar-refractivity contribution in [3.05, 3.63) is 0 Å². The molecule has 0 aromatic heterocycles. The zero-order chi connectivity index (χ0) is 11.4. The average molecular weight is 244 g/mol. The van der Waals surface area contributed by atoms with Gasteiger partial charge in [-0.3, -0.25) is 4.90 Å². The van der Waals surface area contributed by atoms with Crippen LogP contribution >= 0.6 is 11.8 Å². The molecule has 0 aromatic rings. The van der Waals surface area contributed by atoms with Gasteiger partial charge in [0.2, 0.25) is 0 Å². The molecular weight excluding hydrogens is 220 g/mol. The van der Waals surface area contributed by atoms with Crippen LogP contribution in [0.25, 0.3) is 0 Å². The second-order valence-electron chi connectivity index (χ2n) is 5.00. The van der Waals surface area contributed by atoms with Gasteiger partial charge in [0, 0.05) is 37.5 Å². The first-order valence-corrected chi connectivity index (χ1v) is 7.61. The minimum absolute atomic E-state index is 0.680. The van der Waals surface area contributed by atoms with Crippen LogP contribution in [0.5, 0.6) is 0 Å². The Labute approximate surface area is 103 Å². The SMILES string of the molecule is CSC1CNCC1N(C)CCOCC1CC1. The van der Waals surface area contributed by atoms with Crippen LogP contribution in [0.4, 0.5) is 0 Å². The van der Waals surface area contributed by atoms with E-state index in [1.54, 1.807) is 0 Å². The molecule has 94 valence electrons. The van der Waals surface area contributed by atoms with Gasteiger partial charge < -0.3 is 10.1 Å². The molecule has 2 fully saturated rings.